The quantitative estimate of drug-likeness (QED) is 0.121. The molecule has 1 amide bonds. The molecule has 7 heteroatoms. The predicted octanol–water partition coefficient (Wildman–Crippen LogP) is 7.24. The number of para-hydroxylation sites is 1. The fourth-order valence-electron chi connectivity index (χ4n) is 6.48. The maximum absolute atomic E-state index is 13.7. The van der Waals surface area contributed by atoms with Gasteiger partial charge in [0.1, 0.15) is 18.1 Å². The molecule has 3 N–H and O–H groups in total. The molecule has 0 unspecified atom stereocenters. The highest BCUT2D eigenvalue weighted by Crippen LogP contribution is 2.31. The minimum atomic E-state index is -0.891. The van der Waals surface area contributed by atoms with Crippen molar-refractivity contribution in [2.24, 2.45) is 11.8 Å². The van der Waals surface area contributed by atoms with E-state index in [9.17, 15) is 19.5 Å². The number of aliphatic hydroxyl groups is 2. The zero-order chi connectivity index (χ0) is 32.6. The number of ketones is 2. The Kier molecular flexibility index (Phi) is 14.5. The molecule has 0 aromatic heterocycles. The van der Waals surface area contributed by atoms with Gasteiger partial charge >= 0.3 is 0 Å². The van der Waals surface area contributed by atoms with Crippen LogP contribution < -0.4 is 10.1 Å². The van der Waals surface area contributed by atoms with Gasteiger partial charge in [0.05, 0.1) is 12.1 Å². The summed E-state index contributed by atoms with van der Waals surface area (Å²) < 4.78 is 5.97. The van der Waals surface area contributed by atoms with Crippen LogP contribution in [0.1, 0.15) is 93.0 Å². The lowest BCUT2D eigenvalue weighted by Crippen LogP contribution is -2.45. The second-order valence-corrected chi connectivity index (χ2v) is 12.7. The Morgan fingerprint density at radius 1 is 0.848 bits per heavy atom. The predicted molar refractivity (Wildman–Crippen MR) is 180 cm³/mol. The first kappa shape index (κ1) is 35.1. The minimum Gasteiger partial charge on any atom is -0.457 e. The Labute approximate surface area is 273 Å². The molecule has 0 bridgehead atoms. The molecule has 1 aliphatic rings. The Morgan fingerprint density at radius 2 is 1.54 bits per heavy atom. The molecule has 1 saturated carbocycles. The van der Waals surface area contributed by atoms with Crippen molar-refractivity contribution < 1.29 is 29.3 Å². The topological polar surface area (TPSA) is 113 Å². The van der Waals surface area contributed by atoms with Crippen LogP contribution in [0.3, 0.4) is 0 Å². The van der Waals surface area contributed by atoms with E-state index < -0.39 is 24.5 Å². The number of ether oxygens (including phenoxy) is 1. The molecule has 0 saturated heterocycles. The standard InChI is InChI=1S/C39H49NO6/c41-28-33(42)22-23-39(45)40-36(24-30-14-6-2-7-15-30)38(44)26-31(17-10-16-29-12-4-1-5-13-29)25-37(43)32-18-11-21-35(27-32)46-34-19-8-3-9-20-34/h2-3,6-9,11,14-15,18-21,27,29,31,36,38,41,44H,1,4-5,10,12-13,16-17,22-26,28H2,(H,40,45)/t31-,36+,38+/m1/s1. The van der Waals surface area contributed by atoms with Crippen LogP contribution in [0.25, 0.3) is 0 Å². The molecule has 0 radical (unpaired) electrons. The summed E-state index contributed by atoms with van der Waals surface area (Å²) in [5.74, 6) is 1.20. The summed E-state index contributed by atoms with van der Waals surface area (Å²) in [7, 11) is 0. The second-order valence-electron chi connectivity index (χ2n) is 12.7. The van der Waals surface area contributed by atoms with E-state index in [1.54, 1.807) is 6.07 Å². The number of nitrogens with one attached hydrogen (secondary N) is 1. The van der Waals surface area contributed by atoms with Gasteiger partial charge in [-0.15, -0.1) is 0 Å². The fraction of sp³-hybridized carbons (Fsp3) is 0.462. The third kappa shape index (κ3) is 12.2. The lowest BCUT2D eigenvalue weighted by atomic mass is 9.82. The minimum absolute atomic E-state index is 0.000427. The summed E-state index contributed by atoms with van der Waals surface area (Å²) >= 11 is 0. The van der Waals surface area contributed by atoms with E-state index in [4.69, 9.17) is 9.84 Å². The highest BCUT2D eigenvalue weighted by atomic mass is 16.5. The van der Waals surface area contributed by atoms with Gasteiger partial charge in [0.15, 0.2) is 11.6 Å². The van der Waals surface area contributed by atoms with Crippen molar-refractivity contribution in [3.63, 3.8) is 0 Å². The monoisotopic (exact) mass is 627 g/mol. The van der Waals surface area contributed by atoms with Crippen molar-refractivity contribution in [2.45, 2.75) is 95.6 Å². The summed E-state index contributed by atoms with van der Waals surface area (Å²) in [5, 5.41) is 23.6. The van der Waals surface area contributed by atoms with Crippen molar-refractivity contribution >= 4 is 17.5 Å². The molecule has 0 spiro atoms. The summed E-state index contributed by atoms with van der Waals surface area (Å²) in [5.41, 5.74) is 1.54. The van der Waals surface area contributed by atoms with E-state index in [0.29, 0.717) is 29.9 Å². The number of rotatable bonds is 19. The third-order valence-electron chi connectivity index (χ3n) is 9.05. The van der Waals surface area contributed by atoms with Crippen LogP contribution in [0.5, 0.6) is 11.5 Å². The first-order valence-corrected chi connectivity index (χ1v) is 16.9. The molecule has 3 aromatic rings. The number of benzene rings is 3. The highest BCUT2D eigenvalue weighted by Gasteiger charge is 2.27. The van der Waals surface area contributed by atoms with Crippen LogP contribution in [-0.2, 0) is 16.0 Å². The number of carbonyl (C=O) groups is 3. The number of amides is 1. The van der Waals surface area contributed by atoms with E-state index in [0.717, 1.165) is 30.7 Å². The maximum atomic E-state index is 13.7. The van der Waals surface area contributed by atoms with Crippen LogP contribution in [0.4, 0.5) is 0 Å². The average molecular weight is 628 g/mol. The molecule has 3 aromatic carbocycles. The van der Waals surface area contributed by atoms with E-state index in [-0.39, 0.29) is 36.9 Å². The third-order valence-corrected chi connectivity index (χ3v) is 9.05. The van der Waals surface area contributed by atoms with Crippen molar-refractivity contribution in [2.75, 3.05) is 6.61 Å². The van der Waals surface area contributed by atoms with Crippen LogP contribution in [0.2, 0.25) is 0 Å². The van der Waals surface area contributed by atoms with Gasteiger partial charge in [0.25, 0.3) is 0 Å². The van der Waals surface area contributed by atoms with Gasteiger partial charge in [-0.3, -0.25) is 14.4 Å². The molecule has 246 valence electrons. The zero-order valence-corrected chi connectivity index (χ0v) is 26.8. The van der Waals surface area contributed by atoms with Gasteiger partial charge in [-0.1, -0.05) is 106 Å². The molecule has 46 heavy (non-hydrogen) atoms. The Bertz CT molecular complexity index is 1360. The van der Waals surface area contributed by atoms with Crippen LogP contribution >= 0.6 is 0 Å². The smallest absolute Gasteiger partial charge is 0.220 e. The second kappa shape index (κ2) is 19.0. The van der Waals surface area contributed by atoms with E-state index in [2.05, 4.69) is 5.32 Å². The average Bonchev–Trinajstić information content (AvgIpc) is 3.08. The molecule has 0 heterocycles. The van der Waals surface area contributed by atoms with Gasteiger partial charge in [-0.05, 0) is 60.9 Å². The molecule has 3 atom stereocenters. The largest absolute Gasteiger partial charge is 0.457 e. The van der Waals surface area contributed by atoms with Crippen molar-refractivity contribution in [3.8, 4) is 11.5 Å². The SMILES string of the molecule is O=C(CO)CCC(=O)N[C@@H](Cc1ccccc1)[C@@H](O)C[C@H](CCCC1CCCCC1)CC(=O)c1cccc(Oc2ccccc2)c1. The summed E-state index contributed by atoms with van der Waals surface area (Å²) in [4.78, 5) is 38.1. The summed E-state index contributed by atoms with van der Waals surface area (Å²) in [6, 6.07) is 25.8. The Morgan fingerprint density at radius 3 is 2.26 bits per heavy atom. The maximum Gasteiger partial charge on any atom is 0.220 e. The van der Waals surface area contributed by atoms with Crippen LogP contribution in [0.15, 0.2) is 84.9 Å². The van der Waals surface area contributed by atoms with Gasteiger partial charge in [-0.25, -0.2) is 0 Å². The van der Waals surface area contributed by atoms with Gasteiger partial charge < -0.3 is 20.3 Å². The van der Waals surface area contributed by atoms with Crippen molar-refractivity contribution in [3.05, 3.63) is 96.1 Å². The van der Waals surface area contributed by atoms with Crippen molar-refractivity contribution in [1.29, 1.82) is 0 Å². The molecule has 1 fully saturated rings. The van der Waals surface area contributed by atoms with Gasteiger partial charge in [0, 0.05) is 24.8 Å². The number of hydrogen-bond acceptors (Lipinski definition) is 6. The lowest BCUT2D eigenvalue weighted by Gasteiger charge is -2.28. The summed E-state index contributed by atoms with van der Waals surface area (Å²) in [6.45, 7) is -0.596. The van der Waals surface area contributed by atoms with Crippen LogP contribution in [-0.4, -0.2) is 46.4 Å². The van der Waals surface area contributed by atoms with Gasteiger partial charge in [-0.2, -0.15) is 0 Å². The number of hydrogen-bond donors (Lipinski definition) is 3. The molecule has 0 aliphatic heterocycles. The van der Waals surface area contributed by atoms with Crippen LogP contribution in [0, 0.1) is 11.8 Å². The first-order valence-electron chi connectivity index (χ1n) is 16.9. The Balaban J connectivity index is 1.46. The highest BCUT2D eigenvalue weighted by molar-refractivity contribution is 5.96. The van der Waals surface area contributed by atoms with Crippen molar-refractivity contribution in [1.82, 2.24) is 5.32 Å². The molecular formula is C39H49NO6. The lowest BCUT2D eigenvalue weighted by molar-refractivity contribution is -0.127. The van der Waals surface area contributed by atoms with E-state index >= 15 is 0 Å². The number of carbonyl (C=O) groups excluding carboxylic acids is 3. The molecule has 7 nitrogen and oxygen atoms in total. The zero-order valence-electron chi connectivity index (χ0n) is 26.8. The van der Waals surface area contributed by atoms with Gasteiger partial charge in [0.2, 0.25) is 5.91 Å². The molecular weight excluding hydrogens is 578 g/mol. The first-order chi connectivity index (χ1) is 22.4. The fourth-order valence-corrected chi connectivity index (χ4v) is 6.48. The van der Waals surface area contributed by atoms with E-state index in [1.807, 2.05) is 78.9 Å². The number of aliphatic hydroxyl groups excluding tert-OH is 2. The molecule has 4 rings (SSSR count). The van der Waals surface area contributed by atoms with E-state index in [1.165, 1.54) is 32.1 Å². The summed E-state index contributed by atoms with van der Waals surface area (Å²) in [6.07, 6.45) is 9.44. The molecule has 1 aliphatic carbocycles. The Hall–Kier alpha value is -3.81. The number of Topliss-reactive ketones (excluding diaryl/α,β-unsaturated/α-hetero) is 2. The normalized spacial score (nSPS) is 15.4.